The Balaban J connectivity index is 1.76. The summed E-state index contributed by atoms with van der Waals surface area (Å²) in [6.07, 6.45) is 0.585. The number of nitrogens with zero attached hydrogens (tertiary/aromatic N) is 2. The summed E-state index contributed by atoms with van der Waals surface area (Å²) in [5.74, 6) is -4.31. The topological polar surface area (TPSA) is 167 Å². The standard InChI is InChI=1S/C38H60FN5O8/c1-9-24(4)32(43(6)35(47)31(23(2)3)42-37(50)38(39)17-18-40-22-38)29(51-7)21-30(45)44-19-13-16-28(44)33(52-8)25(5)34(46)41-27(36(48)49)20-26-14-11-10-12-15-26/h10-12,14-15,23-25,27-29,31-33,40H,9,13,16-22H2,1-8H3,(H,41,46)(H,42,50)(H,48,49)/t24-,25+,27-,28?,29+,31-,32-,33+,38+/m0/s1. The van der Waals surface area contributed by atoms with Crippen molar-refractivity contribution in [2.24, 2.45) is 17.8 Å². The number of carboxylic acids is 1. The predicted octanol–water partition coefficient (Wildman–Crippen LogP) is 2.56. The summed E-state index contributed by atoms with van der Waals surface area (Å²) in [4.78, 5) is 69.8. The number of aliphatic carboxylic acids is 1. The lowest BCUT2D eigenvalue weighted by Crippen LogP contribution is -2.59. The van der Waals surface area contributed by atoms with Gasteiger partial charge in [-0.1, -0.05) is 71.4 Å². The van der Waals surface area contributed by atoms with E-state index in [0.717, 1.165) is 5.56 Å². The third-order valence-electron chi connectivity index (χ3n) is 10.9. The van der Waals surface area contributed by atoms with Gasteiger partial charge in [-0.05, 0) is 36.8 Å². The molecule has 2 fully saturated rings. The predicted molar refractivity (Wildman–Crippen MR) is 194 cm³/mol. The van der Waals surface area contributed by atoms with Crippen LogP contribution in [0.1, 0.15) is 72.3 Å². The zero-order valence-electron chi connectivity index (χ0n) is 32.0. The third-order valence-corrected chi connectivity index (χ3v) is 10.9. The van der Waals surface area contributed by atoms with Gasteiger partial charge in [-0.2, -0.15) is 0 Å². The highest BCUT2D eigenvalue weighted by atomic mass is 19.1. The van der Waals surface area contributed by atoms with Crippen LogP contribution in [0, 0.1) is 17.8 Å². The van der Waals surface area contributed by atoms with Gasteiger partial charge in [-0.3, -0.25) is 19.2 Å². The molecule has 52 heavy (non-hydrogen) atoms. The van der Waals surface area contributed by atoms with Crippen LogP contribution in [0.15, 0.2) is 30.3 Å². The number of carbonyl (C=O) groups is 5. The van der Waals surface area contributed by atoms with E-state index < -0.39 is 71.7 Å². The molecule has 1 aromatic carbocycles. The first-order chi connectivity index (χ1) is 24.6. The quantitative estimate of drug-likeness (QED) is 0.167. The molecule has 0 aromatic heterocycles. The fourth-order valence-electron chi connectivity index (χ4n) is 7.52. The van der Waals surface area contributed by atoms with Gasteiger partial charge in [0, 0.05) is 47.2 Å². The molecule has 0 spiro atoms. The molecule has 1 unspecified atom stereocenters. The van der Waals surface area contributed by atoms with Gasteiger partial charge in [0.25, 0.3) is 5.91 Å². The van der Waals surface area contributed by atoms with E-state index in [2.05, 4.69) is 16.0 Å². The van der Waals surface area contributed by atoms with Crippen LogP contribution < -0.4 is 16.0 Å². The Morgan fingerprint density at radius 3 is 2.29 bits per heavy atom. The van der Waals surface area contributed by atoms with E-state index in [1.807, 2.05) is 19.9 Å². The van der Waals surface area contributed by atoms with Gasteiger partial charge in [-0.15, -0.1) is 0 Å². The molecule has 0 saturated carbocycles. The third kappa shape index (κ3) is 10.5. The zero-order chi connectivity index (χ0) is 38.7. The minimum absolute atomic E-state index is 0.0268. The second-order valence-electron chi connectivity index (χ2n) is 14.8. The SMILES string of the molecule is CC[C@H](C)[C@@H]([C@@H](CC(=O)N1CCCC1[C@H](OC)[C@@H](C)C(=O)N[C@@H](Cc1ccccc1)C(=O)O)OC)N(C)C(=O)[C@@H](NC(=O)[C@@]1(F)CCNC1)C(C)C. The van der Waals surface area contributed by atoms with Crippen LogP contribution in [0.3, 0.4) is 0 Å². The van der Waals surface area contributed by atoms with Crippen LogP contribution in [0.5, 0.6) is 0 Å². The minimum Gasteiger partial charge on any atom is -0.480 e. The normalized spacial score (nSPS) is 22.9. The van der Waals surface area contributed by atoms with E-state index in [-0.39, 0.29) is 43.6 Å². The molecule has 4 N–H and O–H groups in total. The van der Waals surface area contributed by atoms with Gasteiger partial charge in [0.1, 0.15) is 12.1 Å². The average Bonchev–Trinajstić information content (AvgIpc) is 3.80. The largest absolute Gasteiger partial charge is 0.480 e. The number of benzene rings is 1. The number of alkyl halides is 1. The molecule has 2 heterocycles. The number of likely N-dealkylation sites (N-methyl/N-ethyl adjacent to an activating group) is 1. The van der Waals surface area contributed by atoms with Crippen LogP contribution in [0.2, 0.25) is 0 Å². The van der Waals surface area contributed by atoms with Crippen molar-refractivity contribution in [3.63, 3.8) is 0 Å². The van der Waals surface area contributed by atoms with E-state index in [1.165, 1.54) is 19.1 Å². The number of hydrogen-bond acceptors (Lipinski definition) is 8. The average molecular weight is 734 g/mol. The highest BCUT2D eigenvalue weighted by Crippen LogP contribution is 2.30. The molecule has 13 nitrogen and oxygen atoms in total. The number of amides is 4. The molecule has 2 saturated heterocycles. The van der Waals surface area contributed by atoms with Crippen LogP contribution in [-0.2, 0) is 39.9 Å². The molecule has 4 amide bonds. The number of likely N-dealkylation sites (tertiary alicyclic amines) is 1. The monoisotopic (exact) mass is 733 g/mol. The van der Waals surface area contributed by atoms with Crippen molar-refractivity contribution in [1.82, 2.24) is 25.8 Å². The Labute approximate surface area is 307 Å². The van der Waals surface area contributed by atoms with Gasteiger partial charge < -0.3 is 40.3 Å². The Morgan fingerprint density at radius 2 is 1.75 bits per heavy atom. The number of rotatable bonds is 19. The van der Waals surface area contributed by atoms with Crippen LogP contribution in [0.4, 0.5) is 4.39 Å². The number of methoxy groups -OCH3 is 2. The van der Waals surface area contributed by atoms with Crippen molar-refractivity contribution >= 4 is 29.6 Å². The van der Waals surface area contributed by atoms with Gasteiger partial charge in [0.05, 0.1) is 36.6 Å². The Kier molecular flexibility index (Phi) is 16.0. The number of hydrogen-bond donors (Lipinski definition) is 4. The van der Waals surface area contributed by atoms with Crippen molar-refractivity contribution in [2.45, 2.75) is 115 Å². The lowest BCUT2D eigenvalue weighted by Gasteiger charge is -2.41. The Bertz CT molecular complexity index is 1360. The molecule has 2 aliphatic rings. The van der Waals surface area contributed by atoms with Crippen molar-refractivity contribution in [1.29, 1.82) is 0 Å². The van der Waals surface area contributed by atoms with Gasteiger partial charge in [0.15, 0.2) is 0 Å². The minimum atomic E-state index is -2.09. The Morgan fingerprint density at radius 1 is 1.08 bits per heavy atom. The first-order valence-electron chi connectivity index (χ1n) is 18.5. The van der Waals surface area contributed by atoms with Crippen molar-refractivity contribution in [3.05, 3.63) is 35.9 Å². The molecule has 1 aromatic rings. The number of nitrogens with one attached hydrogen (secondary N) is 3. The van der Waals surface area contributed by atoms with Crippen LogP contribution in [0.25, 0.3) is 0 Å². The fraction of sp³-hybridized carbons (Fsp3) is 0.711. The van der Waals surface area contributed by atoms with Gasteiger partial charge >= 0.3 is 5.97 Å². The van der Waals surface area contributed by atoms with Gasteiger partial charge in [0.2, 0.25) is 23.4 Å². The smallest absolute Gasteiger partial charge is 0.326 e. The molecule has 14 heteroatoms. The first-order valence-corrected chi connectivity index (χ1v) is 18.5. The van der Waals surface area contributed by atoms with E-state index in [1.54, 1.807) is 57.0 Å². The lowest BCUT2D eigenvalue weighted by atomic mass is 9.89. The summed E-state index contributed by atoms with van der Waals surface area (Å²) in [6, 6.07) is 5.90. The second kappa shape index (κ2) is 19.5. The number of carboxylic acid groups (broad SMARTS) is 1. The van der Waals surface area contributed by atoms with Crippen LogP contribution >= 0.6 is 0 Å². The maximum Gasteiger partial charge on any atom is 0.326 e. The van der Waals surface area contributed by atoms with E-state index in [9.17, 15) is 29.1 Å². The fourth-order valence-corrected chi connectivity index (χ4v) is 7.52. The molecular weight excluding hydrogens is 673 g/mol. The summed E-state index contributed by atoms with van der Waals surface area (Å²) in [5.41, 5.74) is -1.32. The molecule has 3 rings (SSSR count). The van der Waals surface area contributed by atoms with Crippen LogP contribution in [-0.4, -0.2) is 127 Å². The molecule has 0 aliphatic carbocycles. The molecule has 292 valence electrons. The Hall–Kier alpha value is -3.62. The number of carbonyl (C=O) groups excluding carboxylic acids is 4. The molecular formula is C38H60FN5O8. The van der Waals surface area contributed by atoms with E-state index in [4.69, 9.17) is 9.47 Å². The first kappa shape index (κ1) is 42.8. The summed E-state index contributed by atoms with van der Waals surface area (Å²) < 4.78 is 27.0. The van der Waals surface area contributed by atoms with E-state index in [0.29, 0.717) is 32.4 Å². The molecule has 2 aliphatic heterocycles. The van der Waals surface area contributed by atoms with Crippen molar-refractivity contribution in [3.8, 4) is 0 Å². The van der Waals surface area contributed by atoms with Crippen molar-refractivity contribution < 1.29 is 42.9 Å². The summed E-state index contributed by atoms with van der Waals surface area (Å²) in [5, 5.41) is 18.0. The highest BCUT2D eigenvalue weighted by molar-refractivity contribution is 5.92. The highest BCUT2D eigenvalue weighted by Gasteiger charge is 2.46. The van der Waals surface area contributed by atoms with Gasteiger partial charge in [-0.25, -0.2) is 9.18 Å². The summed E-state index contributed by atoms with van der Waals surface area (Å²) in [6.45, 7) is 9.89. The summed E-state index contributed by atoms with van der Waals surface area (Å²) in [7, 11) is 4.60. The summed E-state index contributed by atoms with van der Waals surface area (Å²) >= 11 is 0. The maximum atomic E-state index is 15.3. The molecule has 0 radical (unpaired) electrons. The number of halogens is 1. The molecule has 0 bridgehead atoms. The maximum absolute atomic E-state index is 15.3. The zero-order valence-corrected chi connectivity index (χ0v) is 32.0. The van der Waals surface area contributed by atoms with Crippen molar-refractivity contribution in [2.75, 3.05) is 40.9 Å². The second-order valence-corrected chi connectivity index (χ2v) is 14.8. The lowest BCUT2D eigenvalue weighted by molar-refractivity contribution is -0.148. The number of ether oxygens (including phenoxy) is 2. The van der Waals surface area contributed by atoms with E-state index >= 15 is 4.39 Å². The molecule has 9 atom stereocenters.